The Morgan fingerprint density at radius 3 is 2.74 bits per heavy atom. The third-order valence-electron chi connectivity index (χ3n) is 4.00. The van der Waals surface area contributed by atoms with Crippen LogP contribution in [0.2, 0.25) is 5.02 Å². The molecule has 2 unspecified atom stereocenters. The number of benzene rings is 1. The highest BCUT2D eigenvalue weighted by Crippen LogP contribution is 2.35. The summed E-state index contributed by atoms with van der Waals surface area (Å²) in [5.41, 5.74) is 8.49. The van der Waals surface area contributed by atoms with Gasteiger partial charge in [0.05, 0.1) is 0 Å². The van der Waals surface area contributed by atoms with Crippen molar-refractivity contribution in [3.63, 3.8) is 0 Å². The maximum absolute atomic E-state index is 6.40. The van der Waals surface area contributed by atoms with Gasteiger partial charge in [-0.25, -0.2) is 0 Å². The SMILES string of the molecule is CC(N)Cc1c(Cl)cccc1N1CCCC1C(C)C. The molecule has 1 fully saturated rings. The van der Waals surface area contributed by atoms with Crippen LogP contribution in [0, 0.1) is 5.92 Å². The predicted octanol–water partition coefficient (Wildman–Crippen LogP) is 3.85. The predicted molar refractivity (Wildman–Crippen MR) is 84.0 cm³/mol. The van der Waals surface area contributed by atoms with E-state index in [0.29, 0.717) is 12.0 Å². The summed E-state index contributed by atoms with van der Waals surface area (Å²) in [5.74, 6) is 0.671. The lowest BCUT2D eigenvalue weighted by Gasteiger charge is -2.32. The van der Waals surface area contributed by atoms with Crippen LogP contribution in [0.15, 0.2) is 18.2 Å². The van der Waals surface area contributed by atoms with Gasteiger partial charge in [0.1, 0.15) is 0 Å². The molecule has 19 heavy (non-hydrogen) atoms. The van der Waals surface area contributed by atoms with Gasteiger partial charge in [0.2, 0.25) is 0 Å². The zero-order chi connectivity index (χ0) is 14.0. The minimum absolute atomic E-state index is 0.138. The molecule has 0 radical (unpaired) electrons. The van der Waals surface area contributed by atoms with Crippen LogP contribution < -0.4 is 10.6 Å². The lowest BCUT2D eigenvalue weighted by molar-refractivity contribution is 0.491. The van der Waals surface area contributed by atoms with Gasteiger partial charge in [-0.2, -0.15) is 0 Å². The summed E-state index contributed by atoms with van der Waals surface area (Å²) in [6.45, 7) is 7.78. The van der Waals surface area contributed by atoms with Crippen molar-refractivity contribution >= 4 is 17.3 Å². The van der Waals surface area contributed by atoms with E-state index in [0.717, 1.165) is 18.0 Å². The van der Waals surface area contributed by atoms with Gasteiger partial charge < -0.3 is 10.6 Å². The van der Waals surface area contributed by atoms with Crippen molar-refractivity contribution in [3.8, 4) is 0 Å². The standard InChI is InChI=1S/C16H25ClN2/c1-11(2)15-8-5-9-19(15)16-7-4-6-14(17)13(16)10-12(3)18/h4,6-7,11-12,15H,5,8-10,18H2,1-3H3. The Morgan fingerprint density at radius 2 is 2.11 bits per heavy atom. The van der Waals surface area contributed by atoms with Crippen LogP contribution in [0.3, 0.4) is 0 Å². The van der Waals surface area contributed by atoms with Crippen LogP contribution in [0.25, 0.3) is 0 Å². The molecule has 3 heteroatoms. The molecule has 0 spiro atoms. The second-order valence-corrected chi connectivity index (χ2v) is 6.47. The molecule has 0 bridgehead atoms. The molecule has 0 aromatic heterocycles. The molecule has 2 nitrogen and oxygen atoms in total. The fourth-order valence-electron chi connectivity index (χ4n) is 3.13. The number of nitrogens with zero attached hydrogens (tertiary/aromatic N) is 1. The Labute approximate surface area is 121 Å². The largest absolute Gasteiger partial charge is 0.368 e. The van der Waals surface area contributed by atoms with Crippen LogP contribution in [0.4, 0.5) is 5.69 Å². The van der Waals surface area contributed by atoms with Crippen molar-refractivity contribution in [2.24, 2.45) is 11.7 Å². The van der Waals surface area contributed by atoms with Gasteiger partial charge in [0, 0.05) is 29.3 Å². The number of anilines is 1. The van der Waals surface area contributed by atoms with Crippen molar-refractivity contribution in [2.75, 3.05) is 11.4 Å². The fourth-order valence-corrected chi connectivity index (χ4v) is 3.37. The molecular weight excluding hydrogens is 256 g/mol. The van der Waals surface area contributed by atoms with Gasteiger partial charge in [-0.15, -0.1) is 0 Å². The molecular formula is C16H25ClN2. The first-order chi connectivity index (χ1) is 9.00. The van der Waals surface area contributed by atoms with Crippen LogP contribution in [-0.2, 0) is 6.42 Å². The second kappa shape index (κ2) is 6.15. The van der Waals surface area contributed by atoms with Crippen molar-refractivity contribution < 1.29 is 0 Å². The smallest absolute Gasteiger partial charge is 0.0459 e. The maximum atomic E-state index is 6.40. The first-order valence-corrected chi connectivity index (χ1v) is 7.68. The first kappa shape index (κ1) is 14.7. The lowest BCUT2D eigenvalue weighted by atomic mass is 9.99. The zero-order valence-corrected chi connectivity index (χ0v) is 13.0. The van der Waals surface area contributed by atoms with E-state index in [9.17, 15) is 0 Å². The number of halogens is 1. The Hall–Kier alpha value is -0.730. The molecule has 0 amide bonds. The molecule has 0 aliphatic carbocycles. The summed E-state index contributed by atoms with van der Waals surface area (Å²) < 4.78 is 0. The van der Waals surface area contributed by atoms with Crippen molar-refractivity contribution in [3.05, 3.63) is 28.8 Å². The van der Waals surface area contributed by atoms with Gasteiger partial charge in [0.15, 0.2) is 0 Å². The van der Waals surface area contributed by atoms with E-state index in [-0.39, 0.29) is 6.04 Å². The molecule has 106 valence electrons. The van der Waals surface area contributed by atoms with E-state index in [1.807, 2.05) is 13.0 Å². The Bertz CT molecular complexity index is 429. The molecule has 0 saturated carbocycles. The molecule has 1 saturated heterocycles. The van der Waals surface area contributed by atoms with E-state index in [2.05, 4.69) is 30.9 Å². The summed E-state index contributed by atoms with van der Waals surface area (Å²) in [6, 6.07) is 7.00. The van der Waals surface area contributed by atoms with Gasteiger partial charge >= 0.3 is 0 Å². The number of nitrogens with two attached hydrogens (primary N) is 1. The van der Waals surface area contributed by atoms with E-state index in [1.54, 1.807) is 0 Å². The summed E-state index contributed by atoms with van der Waals surface area (Å²) in [4.78, 5) is 2.54. The molecule has 1 aliphatic rings. The molecule has 2 atom stereocenters. The summed E-state index contributed by atoms with van der Waals surface area (Å²) in [5, 5.41) is 0.851. The first-order valence-electron chi connectivity index (χ1n) is 7.30. The molecule has 1 aromatic carbocycles. The summed E-state index contributed by atoms with van der Waals surface area (Å²) in [6.07, 6.45) is 3.39. The van der Waals surface area contributed by atoms with E-state index in [4.69, 9.17) is 17.3 Å². The normalized spacial score (nSPS) is 21.2. The third kappa shape index (κ3) is 3.24. The Morgan fingerprint density at radius 1 is 1.37 bits per heavy atom. The molecule has 1 aliphatic heterocycles. The number of rotatable bonds is 4. The topological polar surface area (TPSA) is 29.3 Å². The van der Waals surface area contributed by atoms with E-state index < -0.39 is 0 Å². The van der Waals surface area contributed by atoms with Crippen LogP contribution in [-0.4, -0.2) is 18.6 Å². The third-order valence-corrected chi connectivity index (χ3v) is 4.35. The Balaban J connectivity index is 2.35. The van der Waals surface area contributed by atoms with Gasteiger partial charge in [-0.1, -0.05) is 31.5 Å². The summed E-state index contributed by atoms with van der Waals surface area (Å²) in [7, 11) is 0. The average Bonchev–Trinajstić information content (AvgIpc) is 2.80. The second-order valence-electron chi connectivity index (χ2n) is 6.07. The quantitative estimate of drug-likeness (QED) is 0.908. The average molecular weight is 281 g/mol. The highest BCUT2D eigenvalue weighted by Gasteiger charge is 2.29. The van der Waals surface area contributed by atoms with Crippen LogP contribution in [0.1, 0.15) is 39.2 Å². The monoisotopic (exact) mass is 280 g/mol. The van der Waals surface area contributed by atoms with Crippen LogP contribution >= 0.6 is 11.6 Å². The highest BCUT2D eigenvalue weighted by molar-refractivity contribution is 6.31. The molecule has 1 aromatic rings. The zero-order valence-electron chi connectivity index (χ0n) is 12.2. The minimum atomic E-state index is 0.138. The van der Waals surface area contributed by atoms with Crippen molar-refractivity contribution in [1.82, 2.24) is 0 Å². The minimum Gasteiger partial charge on any atom is -0.368 e. The number of hydrogen-bond acceptors (Lipinski definition) is 2. The molecule has 1 heterocycles. The maximum Gasteiger partial charge on any atom is 0.0459 e. The van der Waals surface area contributed by atoms with E-state index in [1.165, 1.54) is 24.1 Å². The van der Waals surface area contributed by atoms with Crippen molar-refractivity contribution in [2.45, 2.75) is 52.1 Å². The Kier molecular flexibility index (Phi) is 4.75. The summed E-state index contributed by atoms with van der Waals surface area (Å²) >= 11 is 6.40. The van der Waals surface area contributed by atoms with Crippen LogP contribution in [0.5, 0.6) is 0 Å². The fraction of sp³-hybridized carbons (Fsp3) is 0.625. The van der Waals surface area contributed by atoms with E-state index >= 15 is 0 Å². The van der Waals surface area contributed by atoms with Gasteiger partial charge in [-0.3, -0.25) is 0 Å². The van der Waals surface area contributed by atoms with Gasteiger partial charge in [-0.05, 0) is 49.8 Å². The highest BCUT2D eigenvalue weighted by atomic mass is 35.5. The number of hydrogen-bond donors (Lipinski definition) is 1. The van der Waals surface area contributed by atoms with Gasteiger partial charge in [0.25, 0.3) is 0 Å². The lowest BCUT2D eigenvalue weighted by Crippen LogP contribution is -2.34. The molecule has 2 rings (SSSR count). The molecule has 2 N–H and O–H groups in total. The van der Waals surface area contributed by atoms with Crippen molar-refractivity contribution in [1.29, 1.82) is 0 Å².